The van der Waals surface area contributed by atoms with Gasteiger partial charge in [0.1, 0.15) is 12.1 Å². The summed E-state index contributed by atoms with van der Waals surface area (Å²) in [5.41, 5.74) is 1.10. The number of carboxylic acids is 1. The molecule has 1 amide bonds. The molecule has 1 saturated carbocycles. The molecular weight excluding hydrogens is 384 g/mol. The van der Waals surface area contributed by atoms with Crippen LogP contribution in [0.15, 0.2) is 30.3 Å². The first kappa shape index (κ1) is 22.3. The second kappa shape index (κ2) is 10.1. The van der Waals surface area contributed by atoms with Crippen LogP contribution in [0.2, 0.25) is 0 Å². The Morgan fingerprint density at radius 1 is 1.17 bits per heavy atom. The summed E-state index contributed by atoms with van der Waals surface area (Å²) >= 11 is 0. The SMILES string of the molecule is CCOC(=O)[C@H](CCc1ccccc1)N[C@@H](C)C(=O)N1C2CCC(CC2)C1C(=O)O. The first-order chi connectivity index (χ1) is 14.4. The number of hydrogen-bond acceptors (Lipinski definition) is 5. The first-order valence-corrected chi connectivity index (χ1v) is 10.9. The molecule has 3 fully saturated rings. The summed E-state index contributed by atoms with van der Waals surface area (Å²) in [6.45, 7) is 3.72. The molecule has 1 aliphatic carbocycles. The smallest absolute Gasteiger partial charge is 0.326 e. The number of piperidine rings is 2. The Balaban J connectivity index is 1.69. The van der Waals surface area contributed by atoms with Crippen LogP contribution in [0, 0.1) is 5.92 Å². The molecule has 164 valence electrons. The van der Waals surface area contributed by atoms with E-state index in [9.17, 15) is 19.5 Å². The number of amides is 1. The topological polar surface area (TPSA) is 95.9 Å². The first-order valence-electron chi connectivity index (χ1n) is 10.9. The Kier molecular flexibility index (Phi) is 7.48. The molecule has 0 radical (unpaired) electrons. The molecule has 7 nitrogen and oxygen atoms in total. The van der Waals surface area contributed by atoms with Gasteiger partial charge in [-0.15, -0.1) is 0 Å². The van der Waals surface area contributed by atoms with Crippen molar-refractivity contribution in [3.8, 4) is 0 Å². The van der Waals surface area contributed by atoms with Crippen LogP contribution in [0.1, 0.15) is 51.5 Å². The van der Waals surface area contributed by atoms with Gasteiger partial charge in [0.05, 0.1) is 12.6 Å². The molecule has 4 rings (SSSR count). The van der Waals surface area contributed by atoms with Gasteiger partial charge in [0.25, 0.3) is 0 Å². The van der Waals surface area contributed by atoms with E-state index in [1.807, 2.05) is 30.3 Å². The summed E-state index contributed by atoms with van der Waals surface area (Å²) < 4.78 is 5.21. The third-order valence-electron chi connectivity index (χ3n) is 6.35. The van der Waals surface area contributed by atoms with Crippen LogP contribution in [-0.4, -0.2) is 58.6 Å². The Morgan fingerprint density at radius 3 is 2.43 bits per heavy atom. The summed E-state index contributed by atoms with van der Waals surface area (Å²) in [5.74, 6) is -1.55. The van der Waals surface area contributed by atoms with Crippen LogP contribution >= 0.6 is 0 Å². The Hall–Kier alpha value is -2.41. The highest BCUT2D eigenvalue weighted by atomic mass is 16.5. The maximum Gasteiger partial charge on any atom is 0.326 e. The molecule has 2 saturated heterocycles. The van der Waals surface area contributed by atoms with E-state index < -0.39 is 24.1 Å². The molecule has 2 aliphatic heterocycles. The molecule has 0 spiro atoms. The number of ether oxygens (including phenoxy) is 1. The number of carbonyl (C=O) groups excluding carboxylic acids is 2. The van der Waals surface area contributed by atoms with Crippen molar-refractivity contribution in [1.82, 2.24) is 10.2 Å². The van der Waals surface area contributed by atoms with Crippen molar-refractivity contribution in [3.05, 3.63) is 35.9 Å². The number of nitrogens with zero attached hydrogens (tertiary/aromatic N) is 1. The lowest BCUT2D eigenvalue weighted by Crippen LogP contribution is -2.64. The summed E-state index contributed by atoms with van der Waals surface area (Å²) in [6.07, 6.45) is 4.58. The standard InChI is InChI=1S/C23H32N2O5/c1-3-30-23(29)19(14-9-16-7-5-4-6-8-16)24-15(2)21(26)25-18-12-10-17(11-13-18)20(25)22(27)28/h4-8,15,17-20,24H,3,9-14H2,1-2H3,(H,27,28)/t15-,17?,18?,19-,20?/m0/s1. The van der Waals surface area contributed by atoms with Crippen molar-refractivity contribution in [2.45, 2.75) is 76.5 Å². The van der Waals surface area contributed by atoms with E-state index >= 15 is 0 Å². The van der Waals surface area contributed by atoms with Gasteiger partial charge in [-0.05, 0) is 63.9 Å². The minimum atomic E-state index is -0.934. The van der Waals surface area contributed by atoms with Gasteiger partial charge in [-0.25, -0.2) is 4.79 Å². The largest absolute Gasteiger partial charge is 0.480 e. The summed E-state index contributed by atoms with van der Waals surface area (Å²) in [4.78, 5) is 39.2. The number of fused-ring (bicyclic) bond motifs is 3. The third-order valence-corrected chi connectivity index (χ3v) is 6.35. The van der Waals surface area contributed by atoms with Crippen molar-refractivity contribution in [2.75, 3.05) is 6.61 Å². The van der Waals surface area contributed by atoms with E-state index in [0.717, 1.165) is 31.2 Å². The molecule has 2 bridgehead atoms. The molecule has 30 heavy (non-hydrogen) atoms. The number of benzene rings is 1. The molecule has 2 heterocycles. The molecule has 1 aromatic rings. The van der Waals surface area contributed by atoms with Gasteiger partial charge >= 0.3 is 11.9 Å². The highest BCUT2D eigenvalue weighted by Gasteiger charge is 2.48. The quantitative estimate of drug-likeness (QED) is 0.600. The van der Waals surface area contributed by atoms with Crippen LogP contribution in [0.25, 0.3) is 0 Å². The molecular formula is C23H32N2O5. The minimum Gasteiger partial charge on any atom is -0.480 e. The third kappa shape index (κ3) is 5.01. The Morgan fingerprint density at radius 2 is 1.83 bits per heavy atom. The average Bonchev–Trinajstić information content (AvgIpc) is 2.76. The van der Waals surface area contributed by atoms with E-state index in [0.29, 0.717) is 12.8 Å². The average molecular weight is 417 g/mol. The van der Waals surface area contributed by atoms with E-state index in [4.69, 9.17) is 4.74 Å². The number of aryl methyl sites for hydroxylation is 1. The number of nitrogens with one attached hydrogen (secondary N) is 1. The molecule has 2 N–H and O–H groups in total. The molecule has 1 unspecified atom stereocenters. The van der Waals surface area contributed by atoms with Crippen LogP contribution in [0.3, 0.4) is 0 Å². The number of aliphatic carboxylic acids is 1. The zero-order valence-corrected chi connectivity index (χ0v) is 17.8. The van der Waals surface area contributed by atoms with Crippen molar-refractivity contribution < 1.29 is 24.2 Å². The number of carbonyl (C=O) groups is 3. The Labute approximate surface area is 177 Å². The molecule has 1 aromatic carbocycles. The van der Waals surface area contributed by atoms with Gasteiger partial charge < -0.3 is 14.7 Å². The molecule has 3 atom stereocenters. The van der Waals surface area contributed by atoms with Gasteiger partial charge in [0.2, 0.25) is 5.91 Å². The minimum absolute atomic E-state index is 0.0163. The van der Waals surface area contributed by atoms with E-state index in [1.54, 1.807) is 18.7 Å². The van der Waals surface area contributed by atoms with Crippen molar-refractivity contribution >= 4 is 17.8 Å². The molecule has 0 aromatic heterocycles. The normalized spacial score (nSPS) is 24.9. The number of carboxylic acid groups (broad SMARTS) is 1. The zero-order valence-electron chi connectivity index (χ0n) is 17.8. The molecule has 3 aliphatic rings. The van der Waals surface area contributed by atoms with E-state index in [2.05, 4.69) is 5.32 Å². The van der Waals surface area contributed by atoms with Crippen LogP contribution < -0.4 is 5.32 Å². The van der Waals surface area contributed by atoms with Crippen LogP contribution in [0.4, 0.5) is 0 Å². The maximum absolute atomic E-state index is 13.2. The highest BCUT2D eigenvalue weighted by Crippen LogP contribution is 2.40. The van der Waals surface area contributed by atoms with Crippen molar-refractivity contribution in [1.29, 1.82) is 0 Å². The summed E-state index contributed by atoms with van der Waals surface area (Å²) in [5, 5.41) is 12.9. The summed E-state index contributed by atoms with van der Waals surface area (Å²) in [7, 11) is 0. The zero-order chi connectivity index (χ0) is 21.7. The van der Waals surface area contributed by atoms with E-state index in [1.165, 1.54) is 0 Å². The Bertz CT molecular complexity index is 745. The molecule has 7 heteroatoms. The number of hydrogen-bond donors (Lipinski definition) is 2. The van der Waals surface area contributed by atoms with E-state index in [-0.39, 0.29) is 30.4 Å². The van der Waals surface area contributed by atoms with Gasteiger partial charge in [-0.2, -0.15) is 0 Å². The lowest BCUT2D eigenvalue weighted by atomic mass is 9.74. The lowest BCUT2D eigenvalue weighted by Gasteiger charge is -2.50. The number of esters is 1. The van der Waals surface area contributed by atoms with Crippen LogP contribution in [0.5, 0.6) is 0 Å². The monoisotopic (exact) mass is 416 g/mol. The predicted molar refractivity (Wildman–Crippen MR) is 112 cm³/mol. The predicted octanol–water partition coefficient (Wildman–Crippen LogP) is 2.38. The maximum atomic E-state index is 13.2. The fourth-order valence-corrected chi connectivity index (χ4v) is 4.85. The summed E-state index contributed by atoms with van der Waals surface area (Å²) in [6, 6.07) is 7.74. The second-order valence-electron chi connectivity index (χ2n) is 8.31. The van der Waals surface area contributed by atoms with Gasteiger partial charge in [-0.3, -0.25) is 14.9 Å². The van der Waals surface area contributed by atoms with Gasteiger partial charge in [0.15, 0.2) is 0 Å². The lowest BCUT2D eigenvalue weighted by molar-refractivity contribution is -0.164. The fourth-order valence-electron chi connectivity index (χ4n) is 4.85. The van der Waals surface area contributed by atoms with Crippen molar-refractivity contribution in [3.63, 3.8) is 0 Å². The van der Waals surface area contributed by atoms with Gasteiger partial charge in [0, 0.05) is 6.04 Å². The second-order valence-corrected chi connectivity index (χ2v) is 8.31. The van der Waals surface area contributed by atoms with Crippen molar-refractivity contribution in [2.24, 2.45) is 5.92 Å². The van der Waals surface area contributed by atoms with Crippen LogP contribution in [-0.2, 0) is 25.5 Å². The van der Waals surface area contributed by atoms with Gasteiger partial charge in [-0.1, -0.05) is 30.3 Å². The fraction of sp³-hybridized carbons (Fsp3) is 0.609. The number of rotatable bonds is 9. The highest BCUT2D eigenvalue weighted by molar-refractivity contribution is 5.88.